The second kappa shape index (κ2) is 9.05. The van der Waals surface area contributed by atoms with E-state index >= 15 is 0 Å². The van der Waals surface area contributed by atoms with Crippen LogP contribution in [0.5, 0.6) is 0 Å². The van der Waals surface area contributed by atoms with Gasteiger partial charge in [-0.15, -0.1) is 0 Å². The largest absolute Gasteiger partial charge is 0.461 e. The Labute approximate surface area is 191 Å². The number of aromatic nitrogens is 3. The Morgan fingerprint density at radius 1 is 1.12 bits per heavy atom. The molecule has 0 radical (unpaired) electrons. The molecule has 5 rings (SSSR count). The van der Waals surface area contributed by atoms with Crippen molar-refractivity contribution in [1.82, 2.24) is 19.5 Å². The zero-order valence-corrected chi connectivity index (χ0v) is 18.4. The molecule has 1 amide bonds. The highest BCUT2D eigenvalue weighted by atomic mass is 16.3. The van der Waals surface area contributed by atoms with Gasteiger partial charge >= 0.3 is 0 Å². The molecular weight excluding hydrogens is 420 g/mol. The van der Waals surface area contributed by atoms with Crippen molar-refractivity contribution < 1.29 is 14.3 Å². The van der Waals surface area contributed by atoms with Crippen molar-refractivity contribution in [3.05, 3.63) is 66.3 Å². The van der Waals surface area contributed by atoms with Crippen LogP contribution in [0.25, 0.3) is 16.8 Å². The van der Waals surface area contributed by atoms with E-state index in [1.807, 2.05) is 49.5 Å². The highest BCUT2D eigenvalue weighted by Gasteiger charge is 2.20. The minimum atomic E-state index is -0.257. The van der Waals surface area contributed by atoms with E-state index in [1.165, 1.54) is 0 Å². The van der Waals surface area contributed by atoms with Crippen LogP contribution in [0.4, 0.5) is 11.5 Å². The Balaban J connectivity index is 1.32. The summed E-state index contributed by atoms with van der Waals surface area (Å²) in [6.07, 6.45) is 5.05. The summed E-state index contributed by atoms with van der Waals surface area (Å²) in [7, 11) is 0. The number of hydrogen-bond acceptors (Lipinski definition) is 7. The Bertz CT molecular complexity index is 1250. The van der Waals surface area contributed by atoms with Crippen LogP contribution < -0.4 is 10.2 Å². The first-order valence-electron chi connectivity index (χ1n) is 11.0. The number of aliphatic hydroxyl groups excluding tert-OH is 1. The number of rotatable bonds is 6. The lowest BCUT2D eigenvalue weighted by atomic mass is 10.1. The fraction of sp³-hybridized carbons (Fsp3) is 0.292. The summed E-state index contributed by atoms with van der Waals surface area (Å²) >= 11 is 0. The molecule has 0 atom stereocenters. The maximum Gasteiger partial charge on any atom is 0.259 e. The molecule has 9 heteroatoms. The van der Waals surface area contributed by atoms with E-state index in [1.54, 1.807) is 16.9 Å². The molecule has 0 saturated carbocycles. The van der Waals surface area contributed by atoms with Crippen LogP contribution in [-0.4, -0.2) is 69.8 Å². The minimum Gasteiger partial charge on any atom is -0.461 e. The van der Waals surface area contributed by atoms with Gasteiger partial charge in [-0.2, -0.15) is 5.10 Å². The summed E-state index contributed by atoms with van der Waals surface area (Å²) in [4.78, 5) is 22.1. The molecular formula is C24H26N6O3. The molecule has 2 N–H and O–H groups in total. The van der Waals surface area contributed by atoms with Crippen LogP contribution in [0.2, 0.25) is 0 Å². The van der Waals surface area contributed by atoms with Gasteiger partial charge in [-0.3, -0.25) is 9.69 Å². The molecule has 0 spiro atoms. The van der Waals surface area contributed by atoms with Crippen LogP contribution in [0.1, 0.15) is 16.1 Å². The highest BCUT2D eigenvalue weighted by molar-refractivity contribution is 6.10. The number of nitrogens with one attached hydrogen (secondary N) is 1. The summed E-state index contributed by atoms with van der Waals surface area (Å²) < 4.78 is 7.47. The number of aliphatic hydroxyl groups is 1. The van der Waals surface area contributed by atoms with Crippen molar-refractivity contribution in [2.75, 3.05) is 49.5 Å². The Morgan fingerprint density at radius 2 is 1.97 bits per heavy atom. The van der Waals surface area contributed by atoms with Crippen LogP contribution >= 0.6 is 0 Å². The Morgan fingerprint density at radius 3 is 2.67 bits per heavy atom. The number of β-amino-alcohol motifs (C(OH)–C–C–N with tert-alkyl or cyclic N) is 1. The minimum absolute atomic E-state index is 0.183. The number of carbonyl (C=O) groups excluding carboxylic acids is 1. The lowest BCUT2D eigenvalue weighted by Crippen LogP contribution is -2.47. The van der Waals surface area contributed by atoms with Gasteiger partial charge in [0, 0.05) is 44.5 Å². The van der Waals surface area contributed by atoms with Crippen LogP contribution in [0.3, 0.4) is 0 Å². The molecule has 170 valence electrons. The van der Waals surface area contributed by atoms with Crippen molar-refractivity contribution in [3.63, 3.8) is 0 Å². The lowest BCUT2D eigenvalue weighted by molar-refractivity contribution is 0.102. The number of anilines is 2. The number of fused-ring (bicyclic) bond motifs is 1. The first-order chi connectivity index (χ1) is 16.1. The van der Waals surface area contributed by atoms with E-state index in [0.29, 0.717) is 29.1 Å². The lowest BCUT2D eigenvalue weighted by Gasteiger charge is -2.35. The molecule has 1 fully saturated rings. The van der Waals surface area contributed by atoms with Crippen molar-refractivity contribution in [1.29, 1.82) is 0 Å². The normalized spacial score (nSPS) is 14.7. The van der Waals surface area contributed by atoms with E-state index in [9.17, 15) is 4.79 Å². The molecule has 0 unspecified atom stereocenters. The molecule has 1 aliphatic rings. The third kappa shape index (κ3) is 4.33. The molecule has 5 heterocycles. The number of amides is 1. The quantitative estimate of drug-likeness (QED) is 0.470. The van der Waals surface area contributed by atoms with Gasteiger partial charge in [-0.1, -0.05) is 0 Å². The summed E-state index contributed by atoms with van der Waals surface area (Å²) in [5, 5.41) is 16.4. The number of furan rings is 1. The SMILES string of the molecule is Cc1ccc(-c2cccn3ncc(C(=O)Nc4ccc(N5CCN(CCO)CC5)nc4)c23)o1. The van der Waals surface area contributed by atoms with Gasteiger partial charge in [0.2, 0.25) is 0 Å². The second-order valence-electron chi connectivity index (χ2n) is 8.10. The van der Waals surface area contributed by atoms with E-state index in [-0.39, 0.29) is 12.5 Å². The first-order valence-corrected chi connectivity index (χ1v) is 11.0. The van der Waals surface area contributed by atoms with E-state index < -0.39 is 0 Å². The van der Waals surface area contributed by atoms with Crippen LogP contribution in [0.15, 0.2) is 59.4 Å². The summed E-state index contributed by atoms with van der Waals surface area (Å²) in [6.45, 7) is 6.28. The highest BCUT2D eigenvalue weighted by Crippen LogP contribution is 2.29. The van der Waals surface area contributed by atoms with Gasteiger partial charge in [0.1, 0.15) is 17.3 Å². The predicted molar refractivity (Wildman–Crippen MR) is 126 cm³/mol. The van der Waals surface area contributed by atoms with Crippen molar-refractivity contribution in [3.8, 4) is 11.3 Å². The molecule has 4 aromatic rings. The Kier molecular flexibility index (Phi) is 5.80. The molecule has 1 saturated heterocycles. The van der Waals surface area contributed by atoms with Gasteiger partial charge in [0.15, 0.2) is 0 Å². The standard InChI is InChI=1S/C24H26N6O3/c1-17-4-6-21(33-17)19-3-2-8-30-23(19)20(16-26-30)24(32)27-18-5-7-22(25-15-18)29-11-9-28(10-12-29)13-14-31/h2-8,15-16,31H,9-14H2,1H3,(H,27,32). The average Bonchev–Trinajstić information content (AvgIpc) is 3.47. The third-order valence-electron chi connectivity index (χ3n) is 5.91. The van der Waals surface area contributed by atoms with E-state index in [0.717, 1.165) is 43.3 Å². The molecule has 4 aromatic heterocycles. The summed E-state index contributed by atoms with van der Waals surface area (Å²) in [5.41, 5.74) is 2.58. The van der Waals surface area contributed by atoms with Crippen molar-refractivity contribution in [2.45, 2.75) is 6.92 Å². The maximum atomic E-state index is 13.1. The molecule has 0 aromatic carbocycles. The topological polar surface area (TPSA) is 99.1 Å². The maximum absolute atomic E-state index is 13.1. The zero-order chi connectivity index (χ0) is 22.8. The molecule has 0 bridgehead atoms. The van der Waals surface area contributed by atoms with Gasteiger partial charge in [-0.05, 0) is 43.3 Å². The smallest absolute Gasteiger partial charge is 0.259 e. The number of hydrogen-bond donors (Lipinski definition) is 2. The van der Waals surface area contributed by atoms with Crippen molar-refractivity contribution in [2.24, 2.45) is 0 Å². The van der Waals surface area contributed by atoms with Gasteiger partial charge in [0.25, 0.3) is 5.91 Å². The number of piperazine rings is 1. The van der Waals surface area contributed by atoms with Gasteiger partial charge in [0.05, 0.1) is 35.8 Å². The fourth-order valence-electron chi connectivity index (χ4n) is 4.18. The molecule has 0 aliphatic carbocycles. The zero-order valence-electron chi connectivity index (χ0n) is 18.4. The number of pyridine rings is 2. The first kappa shape index (κ1) is 21.2. The summed E-state index contributed by atoms with van der Waals surface area (Å²) in [6, 6.07) is 11.4. The Hall–Kier alpha value is -3.69. The predicted octanol–water partition coefficient (Wildman–Crippen LogP) is 2.66. The fourth-order valence-corrected chi connectivity index (χ4v) is 4.18. The van der Waals surface area contributed by atoms with Gasteiger partial charge < -0.3 is 19.7 Å². The van der Waals surface area contributed by atoms with E-state index in [4.69, 9.17) is 9.52 Å². The summed E-state index contributed by atoms with van der Waals surface area (Å²) in [5.74, 6) is 2.12. The van der Waals surface area contributed by atoms with Crippen LogP contribution in [-0.2, 0) is 0 Å². The average molecular weight is 447 g/mol. The molecule has 9 nitrogen and oxygen atoms in total. The molecule has 1 aliphatic heterocycles. The number of aryl methyl sites for hydroxylation is 1. The second-order valence-corrected chi connectivity index (χ2v) is 8.10. The monoisotopic (exact) mass is 446 g/mol. The van der Waals surface area contributed by atoms with E-state index in [2.05, 4.69) is 25.2 Å². The molecule has 33 heavy (non-hydrogen) atoms. The number of carbonyl (C=O) groups is 1. The van der Waals surface area contributed by atoms with Gasteiger partial charge in [-0.25, -0.2) is 9.50 Å². The van der Waals surface area contributed by atoms with Crippen molar-refractivity contribution >= 4 is 22.9 Å². The number of nitrogens with zero attached hydrogens (tertiary/aromatic N) is 5. The van der Waals surface area contributed by atoms with Crippen LogP contribution in [0, 0.1) is 6.92 Å². The third-order valence-corrected chi connectivity index (χ3v) is 5.91.